The Morgan fingerprint density at radius 1 is 1.35 bits per heavy atom. The van der Waals surface area contributed by atoms with E-state index in [1.54, 1.807) is 0 Å². The first-order valence-corrected chi connectivity index (χ1v) is 10.1. The van der Waals surface area contributed by atoms with Crippen molar-refractivity contribution in [2.75, 3.05) is 37.8 Å². The van der Waals surface area contributed by atoms with Crippen LogP contribution in [0.5, 0.6) is 5.88 Å². The molecular formula is C21H24N6O4. The Labute approximate surface area is 178 Å². The standard InChI is InChI=1S/C21H24N6O4/c1-11-2-3-15-12(6-11)14(16(24-15)19(28)29)8-27-4-5-30-10-21(9-27)7-13-17(22)25-20(23)26-18(13)31-21/h2-3,6,24H,4-5,7-10H2,1H3,(H,28,29)(H4,22,23,25,26)/t21-/m0/s1. The molecule has 0 aliphatic carbocycles. The number of hydrogen-bond acceptors (Lipinski definition) is 8. The van der Waals surface area contributed by atoms with Gasteiger partial charge in [0.2, 0.25) is 11.8 Å². The number of aromatic carboxylic acids is 1. The summed E-state index contributed by atoms with van der Waals surface area (Å²) in [6, 6.07) is 5.89. The second kappa shape index (κ2) is 7.10. The van der Waals surface area contributed by atoms with Gasteiger partial charge in [-0.1, -0.05) is 11.6 Å². The molecule has 10 nitrogen and oxygen atoms in total. The number of nitrogens with one attached hydrogen (secondary N) is 1. The average Bonchev–Trinajstić information content (AvgIpc) is 3.16. The van der Waals surface area contributed by atoms with Crippen molar-refractivity contribution >= 4 is 28.6 Å². The van der Waals surface area contributed by atoms with E-state index in [0.29, 0.717) is 51.0 Å². The van der Waals surface area contributed by atoms with Gasteiger partial charge in [0.05, 0.1) is 18.8 Å². The predicted molar refractivity (Wildman–Crippen MR) is 114 cm³/mol. The van der Waals surface area contributed by atoms with Crippen molar-refractivity contribution in [1.29, 1.82) is 0 Å². The number of ether oxygens (including phenoxy) is 2. The molecular weight excluding hydrogens is 400 g/mol. The third-order valence-electron chi connectivity index (χ3n) is 5.92. The van der Waals surface area contributed by atoms with Crippen LogP contribution in [0, 0.1) is 6.92 Å². The van der Waals surface area contributed by atoms with Gasteiger partial charge in [0.1, 0.15) is 11.5 Å². The maximum absolute atomic E-state index is 11.9. The van der Waals surface area contributed by atoms with E-state index >= 15 is 0 Å². The third-order valence-corrected chi connectivity index (χ3v) is 5.92. The van der Waals surface area contributed by atoms with E-state index in [9.17, 15) is 9.90 Å². The molecule has 1 aromatic carbocycles. The molecule has 6 N–H and O–H groups in total. The van der Waals surface area contributed by atoms with E-state index in [2.05, 4.69) is 19.9 Å². The SMILES string of the molecule is Cc1ccc2[nH]c(C(=O)O)c(CN3CCOC[C@]4(Cc5c(N)nc(N)nc5O4)C3)c2c1. The fraction of sp³-hybridized carbons (Fsp3) is 0.381. The second-order valence-electron chi connectivity index (χ2n) is 8.31. The van der Waals surface area contributed by atoms with Crippen molar-refractivity contribution in [2.45, 2.75) is 25.5 Å². The van der Waals surface area contributed by atoms with Gasteiger partial charge in [-0.2, -0.15) is 9.97 Å². The smallest absolute Gasteiger partial charge is 0.352 e. The number of benzene rings is 1. The van der Waals surface area contributed by atoms with Crippen LogP contribution in [-0.4, -0.2) is 62.8 Å². The number of aromatic amines is 1. The molecule has 162 valence electrons. The minimum atomic E-state index is -0.979. The second-order valence-corrected chi connectivity index (χ2v) is 8.31. The van der Waals surface area contributed by atoms with E-state index < -0.39 is 11.6 Å². The van der Waals surface area contributed by atoms with Gasteiger partial charge in [-0.05, 0) is 19.1 Å². The van der Waals surface area contributed by atoms with Crippen LogP contribution < -0.4 is 16.2 Å². The number of fused-ring (bicyclic) bond motifs is 2. The normalized spacial score (nSPS) is 21.2. The number of aromatic nitrogens is 3. The number of carboxylic acid groups (broad SMARTS) is 1. The van der Waals surface area contributed by atoms with Crippen molar-refractivity contribution < 1.29 is 19.4 Å². The highest BCUT2D eigenvalue weighted by atomic mass is 16.6. The highest BCUT2D eigenvalue weighted by Crippen LogP contribution is 2.38. The van der Waals surface area contributed by atoms with E-state index in [-0.39, 0.29) is 11.6 Å². The molecule has 0 radical (unpaired) electrons. The van der Waals surface area contributed by atoms with E-state index in [0.717, 1.165) is 27.6 Å². The summed E-state index contributed by atoms with van der Waals surface area (Å²) in [5.74, 6) is -0.201. The molecule has 0 amide bonds. The van der Waals surface area contributed by atoms with Gasteiger partial charge in [-0.15, -0.1) is 0 Å². The van der Waals surface area contributed by atoms with E-state index in [4.69, 9.17) is 20.9 Å². The first kappa shape index (κ1) is 19.6. The van der Waals surface area contributed by atoms with Crippen LogP contribution in [0.15, 0.2) is 18.2 Å². The van der Waals surface area contributed by atoms with Crippen LogP contribution in [0.1, 0.15) is 27.2 Å². The molecule has 1 fully saturated rings. The topological polar surface area (TPSA) is 153 Å². The predicted octanol–water partition coefficient (Wildman–Crippen LogP) is 1.34. The van der Waals surface area contributed by atoms with Gasteiger partial charge in [-0.25, -0.2) is 4.79 Å². The Hall–Kier alpha value is -3.37. The minimum absolute atomic E-state index is 0.0694. The molecule has 2 aromatic heterocycles. The number of nitrogen functional groups attached to an aromatic ring is 2. The molecule has 0 saturated carbocycles. The zero-order valence-electron chi connectivity index (χ0n) is 17.1. The number of anilines is 2. The fourth-order valence-electron chi connectivity index (χ4n) is 4.53. The van der Waals surface area contributed by atoms with E-state index in [1.165, 1.54) is 0 Å². The maximum Gasteiger partial charge on any atom is 0.352 e. The van der Waals surface area contributed by atoms with Gasteiger partial charge < -0.3 is 31.0 Å². The highest BCUT2D eigenvalue weighted by molar-refractivity contribution is 5.97. The number of aryl methyl sites for hydroxylation is 1. The van der Waals surface area contributed by atoms with Crippen LogP contribution in [0.4, 0.5) is 11.8 Å². The lowest BCUT2D eigenvalue weighted by Gasteiger charge is -2.31. The summed E-state index contributed by atoms with van der Waals surface area (Å²) < 4.78 is 12.1. The Morgan fingerprint density at radius 3 is 3.00 bits per heavy atom. The molecule has 1 saturated heterocycles. The Kier molecular flexibility index (Phi) is 4.49. The van der Waals surface area contributed by atoms with Crippen molar-refractivity contribution in [1.82, 2.24) is 19.9 Å². The zero-order valence-corrected chi connectivity index (χ0v) is 17.1. The Balaban J connectivity index is 1.47. The summed E-state index contributed by atoms with van der Waals surface area (Å²) in [6.07, 6.45) is 0.504. The number of nitrogens with two attached hydrogens (primary N) is 2. The molecule has 5 rings (SSSR count). The van der Waals surface area contributed by atoms with Crippen molar-refractivity contribution in [2.24, 2.45) is 0 Å². The van der Waals surface area contributed by atoms with Crippen LogP contribution in [0.25, 0.3) is 10.9 Å². The minimum Gasteiger partial charge on any atom is -0.477 e. The van der Waals surface area contributed by atoms with Gasteiger partial charge in [0, 0.05) is 42.5 Å². The molecule has 4 heterocycles. The largest absolute Gasteiger partial charge is 0.477 e. The molecule has 10 heteroatoms. The molecule has 2 aliphatic rings. The summed E-state index contributed by atoms with van der Waals surface area (Å²) in [4.78, 5) is 25.3. The number of rotatable bonds is 3. The van der Waals surface area contributed by atoms with Gasteiger partial charge in [0.15, 0.2) is 5.60 Å². The maximum atomic E-state index is 11.9. The van der Waals surface area contributed by atoms with Gasteiger partial charge in [-0.3, -0.25) is 4.90 Å². The summed E-state index contributed by atoms with van der Waals surface area (Å²) >= 11 is 0. The fourth-order valence-corrected chi connectivity index (χ4v) is 4.53. The van der Waals surface area contributed by atoms with E-state index in [1.807, 2.05) is 25.1 Å². The number of carbonyl (C=O) groups is 1. The van der Waals surface area contributed by atoms with Crippen molar-refractivity contribution in [3.63, 3.8) is 0 Å². The molecule has 2 aliphatic heterocycles. The first-order chi connectivity index (χ1) is 14.8. The van der Waals surface area contributed by atoms with Crippen LogP contribution in [0.2, 0.25) is 0 Å². The number of H-pyrrole nitrogens is 1. The molecule has 1 spiro atoms. The van der Waals surface area contributed by atoms with Crippen LogP contribution >= 0.6 is 0 Å². The molecule has 1 atom stereocenters. The molecule has 3 aromatic rings. The lowest BCUT2D eigenvalue weighted by atomic mass is 9.97. The third kappa shape index (κ3) is 3.43. The number of nitrogens with zero attached hydrogens (tertiary/aromatic N) is 3. The van der Waals surface area contributed by atoms with Crippen molar-refractivity contribution in [3.8, 4) is 5.88 Å². The number of carboxylic acids is 1. The lowest BCUT2D eigenvalue weighted by molar-refractivity contribution is -0.00263. The number of hydrogen-bond donors (Lipinski definition) is 4. The van der Waals surface area contributed by atoms with Crippen LogP contribution in [-0.2, 0) is 17.7 Å². The molecule has 0 unspecified atom stereocenters. The summed E-state index contributed by atoms with van der Waals surface area (Å²) in [5, 5.41) is 10.7. The summed E-state index contributed by atoms with van der Waals surface area (Å²) in [7, 11) is 0. The Morgan fingerprint density at radius 2 is 2.19 bits per heavy atom. The average molecular weight is 424 g/mol. The van der Waals surface area contributed by atoms with Crippen molar-refractivity contribution in [3.05, 3.63) is 40.6 Å². The van der Waals surface area contributed by atoms with Crippen LogP contribution in [0.3, 0.4) is 0 Å². The molecule has 31 heavy (non-hydrogen) atoms. The molecule has 0 bridgehead atoms. The zero-order chi connectivity index (χ0) is 21.8. The lowest BCUT2D eigenvalue weighted by Crippen LogP contribution is -2.48. The van der Waals surface area contributed by atoms with Gasteiger partial charge in [0.25, 0.3) is 0 Å². The first-order valence-electron chi connectivity index (χ1n) is 10.1. The highest BCUT2D eigenvalue weighted by Gasteiger charge is 2.45. The van der Waals surface area contributed by atoms with Gasteiger partial charge >= 0.3 is 5.97 Å². The quantitative estimate of drug-likeness (QED) is 0.488. The summed E-state index contributed by atoms with van der Waals surface area (Å²) in [5.41, 5.74) is 14.7. The Bertz CT molecular complexity index is 1190. The monoisotopic (exact) mass is 424 g/mol. The summed E-state index contributed by atoms with van der Waals surface area (Å²) in [6.45, 7) is 4.49.